The fraction of sp³-hybridized carbons (Fsp3) is 0.294. The summed E-state index contributed by atoms with van der Waals surface area (Å²) in [6, 6.07) is 10.1. The lowest BCUT2D eigenvalue weighted by Crippen LogP contribution is -2.22. The summed E-state index contributed by atoms with van der Waals surface area (Å²) >= 11 is 5.38. The SMILES string of the molecule is C[C@@H]1CCc2c(-c3ccccc3)[nH]c(=S)c(C(N)=O)c2C1. The van der Waals surface area contributed by atoms with Crippen molar-refractivity contribution in [1.29, 1.82) is 0 Å². The molecule has 1 amide bonds. The molecular formula is C17H18N2OS. The number of carbonyl (C=O) groups is 1. The van der Waals surface area contributed by atoms with Gasteiger partial charge in [0.1, 0.15) is 4.64 Å². The molecule has 2 aromatic rings. The van der Waals surface area contributed by atoms with Crippen molar-refractivity contribution in [2.75, 3.05) is 0 Å². The van der Waals surface area contributed by atoms with E-state index in [1.165, 1.54) is 5.56 Å². The number of aromatic nitrogens is 1. The van der Waals surface area contributed by atoms with Crippen molar-refractivity contribution < 1.29 is 4.79 Å². The topological polar surface area (TPSA) is 58.9 Å². The molecule has 0 saturated carbocycles. The third-order valence-electron chi connectivity index (χ3n) is 4.18. The van der Waals surface area contributed by atoms with Gasteiger partial charge in [0.05, 0.1) is 5.56 Å². The molecule has 0 unspecified atom stereocenters. The first-order valence-corrected chi connectivity index (χ1v) is 7.62. The van der Waals surface area contributed by atoms with Gasteiger partial charge in [-0.15, -0.1) is 0 Å². The van der Waals surface area contributed by atoms with Crippen molar-refractivity contribution in [3.63, 3.8) is 0 Å². The Bertz CT molecular complexity index is 749. The highest BCUT2D eigenvalue weighted by Gasteiger charge is 2.25. The molecule has 3 N–H and O–H groups in total. The number of carbonyl (C=O) groups excluding carboxylic acids is 1. The number of benzene rings is 1. The van der Waals surface area contributed by atoms with Crippen molar-refractivity contribution in [2.45, 2.75) is 26.2 Å². The molecule has 0 fully saturated rings. The maximum atomic E-state index is 11.8. The second-order valence-electron chi connectivity index (χ2n) is 5.74. The van der Waals surface area contributed by atoms with Gasteiger partial charge in [0.25, 0.3) is 5.91 Å². The van der Waals surface area contributed by atoms with Crippen molar-refractivity contribution in [2.24, 2.45) is 11.7 Å². The van der Waals surface area contributed by atoms with Crippen LogP contribution in [0.5, 0.6) is 0 Å². The Morgan fingerprint density at radius 2 is 2.00 bits per heavy atom. The van der Waals surface area contributed by atoms with Crippen LogP contribution in [0.4, 0.5) is 0 Å². The molecule has 1 aromatic heterocycles. The first-order chi connectivity index (χ1) is 10.1. The minimum atomic E-state index is -0.429. The van der Waals surface area contributed by atoms with Crippen molar-refractivity contribution in [3.8, 4) is 11.3 Å². The maximum Gasteiger partial charge on any atom is 0.251 e. The second kappa shape index (κ2) is 5.45. The van der Waals surface area contributed by atoms with Crippen molar-refractivity contribution in [3.05, 3.63) is 51.7 Å². The quantitative estimate of drug-likeness (QED) is 0.832. The monoisotopic (exact) mass is 298 g/mol. The predicted molar refractivity (Wildman–Crippen MR) is 86.8 cm³/mol. The normalized spacial score (nSPS) is 17.3. The van der Waals surface area contributed by atoms with Gasteiger partial charge in [-0.1, -0.05) is 49.5 Å². The summed E-state index contributed by atoms with van der Waals surface area (Å²) in [7, 11) is 0. The molecule has 1 atom stereocenters. The molecule has 0 aliphatic heterocycles. The van der Waals surface area contributed by atoms with Gasteiger partial charge in [-0.05, 0) is 41.9 Å². The molecule has 0 radical (unpaired) electrons. The fourth-order valence-corrected chi connectivity index (χ4v) is 3.47. The van der Waals surface area contributed by atoms with Crippen LogP contribution in [0, 0.1) is 10.6 Å². The lowest BCUT2D eigenvalue weighted by Gasteiger charge is -2.26. The van der Waals surface area contributed by atoms with Crippen LogP contribution in [0.1, 0.15) is 34.8 Å². The van der Waals surface area contributed by atoms with Gasteiger partial charge in [-0.3, -0.25) is 4.79 Å². The Hall–Kier alpha value is -1.94. The molecule has 1 heterocycles. The number of nitrogens with two attached hydrogens (primary N) is 1. The Kier molecular flexibility index (Phi) is 3.64. The summed E-state index contributed by atoms with van der Waals surface area (Å²) in [6.45, 7) is 2.20. The van der Waals surface area contributed by atoms with Gasteiger partial charge in [-0.25, -0.2) is 0 Å². The number of fused-ring (bicyclic) bond motifs is 1. The van der Waals surface area contributed by atoms with Crippen LogP contribution in [0.25, 0.3) is 11.3 Å². The number of hydrogen-bond donors (Lipinski definition) is 2. The molecule has 1 aliphatic rings. The fourth-order valence-electron chi connectivity index (χ4n) is 3.14. The predicted octanol–water partition coefficient (Wildman–Crippen LogP) is 3.63. The van der Waals surface area contributed by atoms with E-state index in [9.17, 15) is 4.79 Å². The molecule has 1 aliphatic carbocycles. The molecule has 0 bridgehead atoms. The Morgan fingerprint density at radius 1 is 1.29 bits per heavy atom. The Morgan fingerprint density at radius 3 is 2.67 bits per heavy atom. The summed E-state index contributed by atoms with van der Waals surface area (Å²) in [4.78, 5) is 15.0. The highest BCUT2D eigenvalue weighted by molar-refractivity contribution is 7.71. The van der Waals surface area contributed by atoms with Crippen molar-refractivity contribution >= 4 is 18.1 Å². The summed E-state index contributed by atoms with van der Waals surface area (Å²) in [5.74, 6) is 0.122. The van der Waals surface area contributed by atoms with Crippen LogP contribution < -0.4 is 5.73 Å². The molecule has 4 heteroatoms. The van der Waals surface area contributed by atoms with E-state index in [0.717, 1.165) is 36.1 Å². The minimum absolute atomic E-state index is 0.429. The van der Waals surface area contributed by atoms with Crippen LogP contribution >= 0.6 is 12.2 Å². The van der Waals surface area contributed by atoms with Gasteiger partial charge < -0.3 is 10.7 Å². The average molecular weight is 298 g/mol. The molecule has 3 rings (SSSR count). The van der Waals surface area contributed by atoms with Gasteiger partial charge >= 0.3 is 0 Å². The van der Waals surface area contributed by atoms with Crippen LogP contribution in [-0.2, 0) is 12.8 Å². The van der Waals surface area contributed by atoms with Gasteiger partial charge in [0, 0.05) is 5.69 Å². The van der Waals surface area contributed by atoms with E-state index in [2.05, 4.69) is 24.0 Å². The number of amides is 1. The zero-order valence-electron chi connectivity index (χ0n) is 12.0. The number of hydrogen-bond acceptors (Lipinski definition) is 2. The highest BCUT2D eigenvalue weighted by atomic mass is 32.1. The summed E-state index contributed by atoms with van der Waals surface area (Å²) in [5, 5.41) is 0. The van der Waals surface area contributed by atoms with Crippen LogP contribution in [0.2, 0.25) is 0 Å². The molecule has 1 aromatic carbocycles. The Labute approximate surface area is 129 Å². The minimum Gasteiger partial charge on any atom is -0.365 e. The highest BCUT2D eigenvalue weighted by Crippen LogP contribution is 2.34. The number of primary amides is 1. The first kappa shape index (κ1) is 14.0. The van der Waals surface area contributed by atoms with E-state index in [-0.39, 0.29) is 0 Å². The standard InChI is InChI=1S/C17H18N2OS/c1-10-7-8-12-13(9-10)14(16(18)20)17(21)19-15(12)11-5-3-2-4-6-11/h2-6,10H,7-9H2,1H3,(H2,18,20)(H,19,21)/t10-/m1/s1. The number of pyridine rings is 1. The number of aromatic amines is 1. The number of rotatable bonds is 2. The second-order valence-corrected chi connectivity index (χ2v) is 6.15. The molecular weight excluding hydrogens is 280 g/mol. The van der Waals surface area contributed by atoms with Gasteiger partial charge in [0.2, 0.25) is 0 Å². The molecule has 21 heavy (non-hydrogen) atoms. The lowest BCUT2D eigenvalue weighted by atomic mass is 9.81. The average Bonchev–Trinajstić information content (AvgIpc) is 2.46. The van der Waals surface area contributed by atoms with E-state index in [1.54, 1.807) is 0 Å². The third-order valence-corrected chi connectivity index (χ3v) is 4.49. The van der Waals surface area contributed by atoms with E-state index in [1.807, 2.05) is 18.2 Å². The molecule has 0 spiro atoms. The lowest BCUT2D eigenvalue weighted by molar-refractivity contribution is 0.0998. The van der Waals surface area contributed by atoms with E-state index in [0.29, 0.717) is 16.1 Å². The van der Waals surface area contributed by atoms with E-state index >= 15 is 0 Å². The summed E-state index contributed by atoms with van der Waals surface area (Å²) < 4.78 is 0.453. The van der Waals surface area contributed by atoms with E-state index < -0.39 is 5.91 Å². The zero-order valence-corrected chi connectivity index (χ0v) is 12.8. The molecule has 108 valence electrons. The zero-order chi connectivity index (χ0) is 15.0. The maximum absolute atomic E-state index is 11.8. The van der Waals surface area contributed by atoms with Crippen LogP contribution in [0.15, 0.2) is 30.3 Å². The van der Waals surface area contributed by atoms with Crippen LogP contribution in [-0.4, -0.2) is 10.9 Å². The van der Waals surface area contributed by atoms with Crippen LogP contribution in [0.3, 0.4) is 0 Å². The summed E-state index contributed by atoms with van der Waals surface area (Å²) in [6.07, 6.45) is 2.94. The van der Waals surface area contributed by atoms with Gasteiger partial charge in [-0.2, -0.15) is 0 Å². The summed E-state index contributed by atoms with van der Waals surface area (Å²) in [5.41, 5.74) is 10.4. The molecule has 0 saturated heterocycles. The van der Waals surface area contributed by atoms with E-state index in [4.69, 9.17) is 18.0 Å². The van der Waals surface area contributed by atoms with Crippen molar-refractivity contribution in [1.82, 2.24) is 4.98 Å². The first-order valence-electron chi connectivity index (χ1n) is 7.21. The van der Waals surface area contributed by atoms with Gasteiger partial charge in [0.15, 0.2) is 0 Å². The molecule has 3 nitrogen and oxygen atoms in total. The Balaban J connectivity index is 2.29. The number of nitrogens with one attached hydrogen (secondary N) is 1. The third kappa shape index (κ3) is 2.51. The smallest absolute Gasteiger partial charge is 0.251 e. The largest absolute Gasteiger partial charge is 0.365 e. The number of H-pyrrole nitrogens is 1.